The number of nitrogens with zero attached hydrogens (tertiary/aromatic N) is 2. The van der Waals surface area contributed by atoms with Crippen molar-refractivity contribution in [2.24, 2.45) is 0 Å². The van der Waals surface area contributed by atoms with Crippen molar-refractivity contribution in [1.29, 1.82) is 0 Å². The number of carboxylic acid groups (broad SMARTS) is 1. The topological polar surface area (TPSA) is 61.9 Å². The largest absolute Gasteiger partial charge is 0.543 e. The summed E-state index contributed by atoms with van der Waals surface area (Å²) in [7, 11) is 0. The van der Waals surface area contributed by atoms with E-state index in [1.54, 1.807) is 0 Å². The fraction of sp³-hybridized carbons (Fsp3) is 0.500. The molecule has 114 valence electrons. The van der Waals surface area contributed by atoms with Crippen LogP contribution in [0, 0.1) is 6.92 Å². The van der Waals surface area contributed by atoms with Crippen LogP contribution in [0.4, 0.5) is 0 Å². The number of aromatic nitrogens is 2. The number of unbranched alkanes of at least 4 members (excludes halogenated alkanes) is 1. The molecular formula is C16H23N3O2. The maximum Gasteiger partial charge on any atom is 0.140 e. The van der Waals surface area contributed by atoms with Crippen LogP contribution in [0.5, 0.6) is 0 Å². The third kappa shape index (κ3) is 3.24. The maximum atomic E-state index is 11.4. The smallest absolute Gasteiger partial charge is 0.140 e. The van der Waals surface area contributed by atoms with Gasteiger partial charge in [0.1, 0.15) is 23.6 Å². The van der Waals surface area contributed by atoms with E-state index in [-0.39, 0.29) is 5.69 Å². The lowest BCUT2D eigenvalue weighted by atomic mass is 10.2. The summed E-state index contributed by atoms with van der Waals surface area (Å²) in [6.45, 7) is 8.89. The van der Waals surface area contributed by atoms with Crippen molar-refractivity contribution in [2.75, 3.05) is 13.1 Å². The number of rotatable bonds is 7. The van der Waals surface area contributed by atoms with Crippen LogP contribution in [0.15, 0.2) is 18.3 Å². The lowest BCUT2D eigenvalue weighted by molar-refractivity contribution is -0.912. The molecule has 1 N–H and O–H groups in total. The minimum Gasteiger partial charge on any atom is -0.543 e. The standard InChI is InChI=1S/C16H23N3O2/c1-4-6-9-18(5-2)11-13-14(16(20)21)17-15-12(3)8-7-10-19(13)15/h7-8,10H,4-6,9,11H2,1-3H3,(H,20,21). The van der Waals surface area contributed by atoms with Gasteiger partial charge in [0.2, 0.25) is 0 Å². The second-order valence-corrected chi connectivity index (χ2v) is 5.46. The van der Waals surface area contributed by atoms with Crippen LogP contribution >= 0.6 is 0 Å². The Kier molecular flexibility index (Phi) is 4.96. The van der Waals surface area contributed by atoms with Gasteiger partial charge >= 0.3 is 0 Å². The predicted molar refractivity (Wildman–Crippen MR) is 79.2 cm³/mol. The first-order valence-corrected chi connectivity index (χ1v) is 7.59. The van der Waals surface area contributed by atoms with E-state index in [0.29, 0.717) is 12.2 Å². The molecule has 1 atom stereocenters. The number of hydrogen-bond donors (Lipinski definition) is 1. The molecule has 0 aliphatic rings. The van der Waals surface area contributed by atoms with E-state index in [4.69, 9.17) is 0 Å². The van der Waals surface area contributed by atoms with Crippen molar-refractivity contribution in [1.82, 2.24) is 9.38 Å². The quantitative estimate of drug-likeness (QED) is 0.792. The highest BCUT2D eigenvalue weighted by Crippen LogP contribution is 2.15. The van der Waals surface area contributed by atoms with Crippen LogP contribution in [0.1, 0.15) is 48.4 Å². The van der Waals surface area contributed by atoms with Gasteiger partial charge in [-0.2, -0.15) is 0 Å². The number of fused-ring (bicyclic) bond motifs is 1. The van der Waals surface area contributed by atoms with Crippen molar-refractivity contribution in [3.05, 3.63) is 35.3 Å². The Morgan fingerprint density at radius 3 is 2.81 bits per heavy atom. The molecule has 0 radical (unpaired) electrons. The van der Waals surface area contributed by atoms with E-state index < -0.39 is 5.97 Å². The Bertz CT molecular complexity index is 634. The Labute approximate surface area is 125 Å². The third-order valence-corrected chi connectivity index (χ3v) is 3.94. The molecule has 2 aromatic heterocycles. The Hall–Kier alpha value is -1.88. The number of aryl methyl sites for hydroxylation is 1. The number of imidazole rings is 1. The van der Waals surface area contributed by atoms with Crippen LogP contribution in [0.25, 0.3) is 5.65 Å². The zero-order chi connectivity index (χ0) is 15.4. The number of nitrogens with one attached hydrogen (secondary N) is 1. The van der Waals surface area contributed by atoms with Crippen LogP contribution in [-0.4, -0.2) is 28.4 Å². The molecule has 0 aliphatic carbocycles. The number of aromatic carboxylic acids is 1. The average Bonchev–Trinajstić information content (AvgIpc) is 2.84. The molecule has 0 aliphatic heterocycles. The molecule has 5 nitrogen and oxygen atoms in total. The molecule has 1 unspecified atom stereocenters. The molecule has 0 saturated carbocycles. The predicted octanol–water partition coefficient (Wildman–Crippen LogP) is 0.211. The van der Waals surface area contributed by atoms with Gasteiger partial charge in [0.15, 0.2) is 0 Å². The monoisotopic (exact) mass is 289 g/mol. The minimum absolute atomic E-state index is 0.0757. The maximum absolute atomic E-state index is 11.4. The second kappa shape index (κ2) is 6.72. The summed E-state index contributed by atoms with van der Waals surface area (Å²) >= 11 is 0. The molecule has 0 spiro atoms. The summed E-state index contributed by atoms with van der Waals surface area (Å²) in [4.78, 5) is 17.0. The molecule has 2 rings (SSSR count). The van der Waals surface area contributed by atoms with E-state index in [2.05, 4.69) is 18.8 Å². The number of quaternary nitrogens is 1. The lowest BCUT2D eigenvalue weighted by Gasteiger charge is -2.18. The Morgan fingerprint density at radius 1 is 1.43 bits per heavy atom. The molecule has 0 saturated heterocycles. The van der Waals surface area contributed by atoms with Gasteiger partial charge in [-0.25, -0.2) is 4.98 Å². The first kappa shape index (κ1) is 15.5. The first-order valence-electron chi connectivity index (χ1n) is 7.59. The number of hydrogen-bond acceptors (Lipinski definition) is 3. The number of pyridine rings is 1. The Morgan fingerprint density at radius 2 is 2.19 bits per heavy atom. The molecule has 2 aromatic rings. The normalized spacial score (nSPS) is 12.7. The summed E-state index contributed by atoms with van der Waals surface area (Å²) in [6.07, 6.45) is 4.16. The minimum atomic E-state index is -1.20. The molecule has 21 heavy (non-hydrogen) atoms. The van der Waals surface area contributed by atoms with Gasteiger partial charge in [-0.05, 0) is 31.9 Å². The van der Waals surface area contributed by atoms with Gasteiger partial charge in [-0.15, -0.1) is 0 Å². The number of carbonyl (C=O) groups excluding carboxylic acids is 1. The summed E-state index contributed by atoms with van der Waals surface area (Å²) < 4.78 is 1.89. The average molecular weight is 289 g/mol. The van der Waals surface area contributed by atoms with Gasteiger partial charge in [0, 0.05) is 6.20 Å². The van der Waals surface area contributed by atoms with Crippen molar-refractivity contribution < 1.29 is 14.8 Å². The van der Waals surface area contributed by atoms with Gasteiger partial charge in [-0.1, -0.05) is 19.4 Å². The van der Waals surface area contributed by atoms with Crippen molar-refractivity contribution in [2.45, 2.75) is 40.2 Å². The van der Waals surface area contributed by atoms with E-state index >= 15 is 0 Å². The highest BCUT2D eigenvalue weighted by molar-refractivity contribution is 5.86. The van der Waals surface area contributed by atoms with Crippen LogP contribution in [0.2, 0.25) is 0 Å². The zero-order valence-electron chi connectivity index (χ0n) is 13.0. The molecule has 0 fully saturated rings. The molecule has 0 amide bonds. The van der Waals surface area contributed by atoms with E-state index in [0.717, 1.165) is 37.2 Å². The Balaban J connectivity index is 2.43. The van der Waals surface area contributed by atoms with Gasteiger partial charge < -0.3 is 14.8 Å². The van der Waals surface area contributed by atoms with E-state index in [1.165, 1.54) is 4.90 Å². The third-order valence-electron chi connectivity index (χ3n) is 3.94. The van der Waals surface area contributed by atoms with Gasteiger partial charge in [0.25, 0.3) is 0 Å². The number of carbonyl (C=O) groups is 1. The highest BCUT2D eigenvalue weighted by Gasteiger charge is 2.18. The lowest BCUT2D eigenvalue weighted by Crippen LogP contribution is -3.10. The van der Waals surface area contributed by atoms with Crippen molar-refractivity contribution in [3.63, 3.8) is 0 Å². The zero-order valence-corrected chi connectivity index (χ0v) is 13.0. The van der Waals surface area contributed by atoms with Crippen LogP contribution in [0.3, 0.4) is 0 Å². The summed E-state index contributed by atoms with van der Waals surface area (Å²) in [6, 6.07) is 3.86. The summed E-state index contributed by atoms with van der Waals surface area (Å²) in [5.74, 6) is -1.20. The van der Waals surface area contributed by atoms with E-state index in [1.807, 2.05) is 29.7 Å². The molecule has 5 heteroatoms. The van der Waals surface area contributed by atoms with Crippen molar-refractivity contribution in [3.8, 4) is 0 Å². The van der Waals surface area contributed by atoms with Crippen LogP contribution < -0.4 is 10.0 Å². The van der Waals surface area contributed by atoms with Crippen molar-refractivity contribution >= 4 is 11.6 Å². The highest BCUT2D eigenvalue weighted by atomic mass is 16.4. The molecule has 0 bridgehead atoms. The second-order valence-electron chi connectivity index (χ2n) is 5.46. The fourth-order valence-electron chi connectivity index (χ4n) is 2.64. The molecule has 0 aromatic carbocycles. The molecular weight excluding hydrogens is 266 g/mol. The van der Waals surface area contributed by atoms with E-state index in [9.17, 15) is 9.90 Å². The molecule has 2 heterocycles. The summed E-state index contributed by atoms with van der Waals surface area (Å²) in [5.41, 5.74) is 2.49. The van der Waals surface area contributed by atoms with Crippen LogP contribution in [-0.2, 0) is 6.54 Å². The van der Waals surface area contributed by atoms with Gasteiger partial charge in [-0.3, -0.25) is 4.40 Å². The first-order chi connectivity index (χ1) is 10.1. The van der Waals surface area contributed by atoms with Gasteiger partial charge in [0.05, 0.1) is 19.1 Å². The summed E-state index contributed by atoms with van der Waals surface area (Å²) in [5, 5.41) is 11.4. The fourth-order valence-corrected chi connectivity index (χ4v) is 2.64. The SMILES string of the molecule is CCCC[NH+](CC)Cc1c(C(=O)[O-])nc2c(C)cccn12. The number of carboxylic acids is 1.